The van der Waals surface area contributed by atoms with Gasteiger partial charge in [-0.1, -0.05) is 24.0 Å². The summed E-state index contributed by atoms with van der Waals surface area (Å²) in [6, 6.07) is -0.195. The van der Waals surface area contributed by atoms with Crippen LogP contribution >= 0.6 is 24.0 Å². The van der Waals surface area contributed by atoms with E-state index in [0.717, 1.165) is 0 Å². The molecule has 100 valence electrons. The summed E-state index contributed by atoms with van der Waals surface area (Å²) in [5.74, 6) is 0.299. The Morgan fingerprint density at radius 2 is 2.00 bits per heavy atom. The van der Waals surface area contributed by atoms with Crippen LogP contribution in [0.4, 0.5) is 0 Å². The Hall–Kier alpha value is -0.120. The van der Waals surface area contributed by atoms with Gasteiger partial charge in [0, 0.05) is 5.70 Å². The van der Waals surface area contributed by atoms with Crippen LogP contribution in [0.15, 0.2) is 11.1 Å². The fourth-order valence-electron chi connectivity index (χ4n) is 2.53. The Labute approximate surface area is 115 Å². The molecule has 3 aliphatic rings. The molecule has 2 saturated heterocycles. The van der Waals surface area contributed by atoms with E-state index in [0.29, 0.717) is 16.4 Å². The van der Waals surface area contributed by atoms with Gasteiger partial charge in [0.1, 0.15) is 4.32 Å². The molecule has 0 amide bonds. The summed E-state index contributed by atoms with van der Waals surface area (Å²) in [6.07, 6.45) is 0.521. The van der Waals surface area contributed by atoms with Crippen molar-refractivity contribution in [2.24, 2.45) is 0 Å². The molecule has 0 aliphatic carbocycles. The molecule has 0 N–H and O–H groups in total. The van der Waals surface area contributed by atoms with E-state index in [1.54, 1.807) is 4.90 Å². The van der Waals surface area contributed by atoms with Crippen LogP contribution in [0.5, 0.6) is 0 Å². The van der Waals surface area contributed by atoms with Crippen molar-refractivity contribution in [2.75, 3.05) is 17.3 Å². The summed E-state index contributed by atoms with van der Waals surface area (Å²) in [5.41, 5.74) is 0.673. The van der Waals surface area contributed by atoms with Gasteiger partial charge in [-0.05, 0) is 6.42 Å². The molecule has 3 heterocycles. The largest absolute Gasteiger partial charge is 0.325 e. The summed E-state index contributed by atoms with van der Waals surface area (Å²) in [6.45, 7) is 0. The third-order valence-electron chi connectivity index (χ3n) is 3.31. The van der Waals surface area contributed by atoms with E-state index in [-0.39, 0.29) is 28.6 Å². The number of hydrogen-bond donors (Lipinski definition) is 0. The van der Waals surface area contributed by atoms with Gasteiger partial charge in [0.2, 0.25) is 0 Å². The van der Waals surface area contributed by atoms with Gasteiger partial charge in [-0.15, -0.1) is 0 Å². The Kier molecular flexibility index (Phi) is 2.82. The van der Waals surface area contributed by atoms with E-state index in [1.807, 2.05) is 0 Å². The van der Waals surface area contributed by atoms with Gasteiger partial charge in [-0.2, -0.15) is 0 Å². The maximum absolute atomic E-state index is 11.6. The van der Waals surface area contributed by atoms with Crippen molar-refractivity contribution in [3.05, 3.63) is 11.1 Å². The predicted molar refractivity (Wildman–Crippen MR) is 74.7 cm³/mol. The zero-order valence-electron chi connectivity index (χ0n) is 9.27. The minimum atomic E-state index is -3.15. The van der Waals surface area contributed by atoms with E-state index in [1.165, 1.54) is 17.2 Å². The monoisotopic (exact) mass is 325 g/mol. The van der Waals surface area contributed by atoms with Crippen molar-refractivity contribution in [2.45, 2.75) is 17.7 Å². The molecule has 0 saturated carbocycles. The van der Waals surface area contributed by atoms with Crippen LogP contribution in [0, 0.1) is 0 Å². The highest BCUT2D eigenvalue weighted by atomic mass is 32.2. The fraction of sp³-hybridized carbons (Fsp3) is 0.667. The molecule has 5 nitrogen and oxygen atoms in total. The first-order valence-electron chi connectivity index (χ1n) is 5.42. The van der Waals surface area contributed by atoms with Gasteiger partial charge in [-0.3, -0.25) is 0 Å². The molecule has 9 heteroatoms. The average Bonchev–Trinajstić information content (AvgIpc) is 2.75. The van der Waals surface area contributed by atoms with Gasteiger partial charge >= 0.3 is 0 Å². The van der Waals surface area contributed by atoms with Crippen LogP contribution in [-0.2, 0) is 19.7 Å². The normalized spacial score (nSPS) is 36.8. The number of hydrogen-bond acceptors (Lipinski definition) is 6. The van der Waals surface area contributed by atoms with Crippen LogP contribution in [0.25, 0.3) is 0 Å². The summed E-state index contributed by atoms with van der Waals surface area (Å²) in [7, 11) is -6.15. The molecule has 0 aromatic heterocycles. The number of fused-ring (bicyclic) bond motifs is 1. The predicted octanol–water partition coefficient (Wildman–Crippen LogP) is 0.146. The maximum atomic E-state index is 11.6. The smallest absolute Gasteiger partial charge is 0.174 e. The number of rotatable bonds is 1. The van der Waals surface area contributed by atoms with Crippen molar-refractivity contribution < 1.29 is 16.8 Å². The highest BCUT2D eigenvalue weighted by Gasteiger charge is 2.46. The summed E-state index contributed by atoms with van der Waals surface area (Å²) >= 11 is 6.59. The second kappa shape index (κ2) is 3.94. The molecular formula is C9H11NO4S4. The molecule has 0 radical (unpaired) electrons. The highest BCUT2D eigenvalue weighted by molar-refractivity contribution is 8.24. The number of nitrogens with zero attached hydrogens (tertiary/aromatic N) is 1. The second-order valence-corrected chi connectivity index (χ2v) is 10.6. The van der Waals surface area contributed by atoms with Crippen LogP contribution in [-0.4, -0.2) is 54.6 Å². The topological polar surface area (TPSA) is 71.5 Å². The molecule has 2 atom stereocenters. The van der Waals surface area contributed by atoms with E-state index in [9.17, 15) is 16.8 Å². The van der Waals surface area contributed by atoms with Crippen LogP contribution < -0.4 is 0 Å². The van der Waals surface area contributed by atoms with Gasteiger partial charge < -0.3 is 4.90 Å². The van der Waals surface area contributed by atoms with E-state index in [4.69, 9.17) is 12.2 Å². The minimum Gasteiger partial charge on any atom is -0.325 e. The van der Waals surface area contributed by atoms with Gasteiger partial charge in [0.05, 0.1) is 34.0 Å². The first kappa shape index (κ1) is 12.9. The lowest BCUT2D eigenvalue weighted by Gasteiger charge is -2.24. The first-order chi connectivity index (χ1) is 8.27. The zero-order chi connectivity index (χ0) is 13.1. The van der Waals surface area contributed by atoms with E-state index in [2.05, 4.69) is 0 Å². The molecular weight excluding hydrogens is 314 g/mol. The van der Waals surface area contributed by atoms with Gasteiger partial charge in [-0.25, -0.2) is 16.8 Å². The quantitative estimate of drug-likeness (QED) is 0.635. The van der Waals surface area contributed by atoms with Crippen LogP contribution in [0.1, 0.15) is 6.42 Å². The summed E-state index contributed by atoms with van der Waals surface area (Å²) in [4.78, 5) is 1.75. The highest BCUT2D eigenvalue weighted by Crippen LogP contribution is 2.42. The van der Waals surface area contributed by atoms with E-state index < -0.39 is 19.7 Å². The Bertz CT molecular complexity index is 648. The van der Waals surface area contributed by atoms with Crippen molar-refractivity contribution in [3.8, 4) is 0 Å². The Balaban J connectivity index is 1.95. The number of thiocarbonyl (C=S) groups is 1. The van der Waals surface area contributed by atoms with Crippen molar-refractivity contribution >= 4 is 48.0 Å². The molecule has 0 aromatic carbocycles. The van der Waals surface area contributed by atoms with Gasteiger partial charge in [0.25, 0.3) is 0 Å². The molecule has 3 rings (SSSR count). The molecule has 0 spiro atoms. The first-order valence-corrected chi connectivity index (χ1v) is 10.2. The molecule has 0 bridgehead atoms. The lowest BCUT2D eigenvalue weighted by molar-refractivity contribution is 0.418. The standard InChI is InChI=1S/C9H11NO4S4/c11-17(12)2-1-6(3-17)10-7-4-18(13,14)5-8(7)16-9(10)15/h4,6,8H,1-3,5H2/t6-,8-/m0/s1. The Morgan fingerprint density at radius 1 is 1.28 bits per heavy atom. The average molecular weight is 325 g/mol. The molecule has 2 fully saturated rings. The van der Waals surface area contributed by atoms with Crippen LogP contribution in [0.2, 0.25) is 0 Å². The van der Waals surface area contributed by atoms with Gasteiger partial charge in [0.15, 0.2) is 19.7 Å². The molecule has 0 aromatic rings. The second-order valence-electron chi connectivity index (χ2n) is 4.67. The Morgan fingerprint density at radius 3 is 2.61 bits per heavy atom. The van der Waals surface area contributed by atoms with Crippen molar-refractivity contribution in [1.29, 1.82) is 0 Å². The third-order valence-corrected chi connectivity index (χ3v) is 8.24. The molecule has 0 unspecified atom stereocenters. The van der Waals surface area contributed by atoms with Crippen molar-refractivity contribution in [1.82, 2.24) is 4.90 Å². The molecule has 18 heavy (non-hydrogen) atoms. The summed E-state index contributed by atoms with van der Waals surface area (Å²) < 4.78 is 46.7. The fourth-order valence-corrected chi connectivity index (χ4v) is 8.01. The number of thioether (sulfide) groups is 1. The van der Waals surface area contributed by atoms with Crippen molar-refractivity contribution in [3.63, 3.8) is 0 Å². The minimum absolute atomic E-state index is 0.0673. The van der Waals surface area contributed by atoms with E-state index >= 15 is 0 Å². The summed E-state index contributed by atoms with van der Waals surface area (Å²) in [5, 5.41) is 1.11. The molecule has 3 aliphatic heterocycles. The number of sulfone groups is 2. The lowest BCUT2D eigenvalue weighted by atomic mass is 10.2. The lowest BCUT2D eigenvalue weighted by Crippen LogP contribution is -2.35. The SMILES string of the molecule is O=S1(=O)C=C2[C@H](C1)SC(=S)N2[C@H]1CCS(=O)(=O)C1. The third kappa shape index (κ3) is 2.10. The zero-order valence-corrected chi connectivity index (χ0v) is 12.5. The van der Waals surface area contributed by atoms with Crippen LogP contribution in [0.3, 0.4) is 0 Å². The maximum Gasteiger partial charge on any atom is 0.174 e.